The molecule has 1 N–H and O–H groups in total. The highest BCUT2D eigenvalue weighted by Crippen LogP contribution is 2.33. The second-order valence-electron chi connectivity index (χ2n) is 4.39. The van der Waals surface area contributed by atoms with Gasteiger partial charge in [-0.2, -0.15) is 5.10 Å². The molecule has 2 rings (SSSR count). The van der Waals surface area contributed by atoms with E-state index in [2.05, 4.69) is 51.5 Å². The molecule has 0 amide bonds. The third-order valence-electron chi connectivity index (χ3n) is 2.66. The van der Waals surface area contributed by atoms with E-state index in [1.807, 2.05) is 24.1 Å². The number of nitrogens with zero attached hydrogens (tertiary/aromatic N) is 2. The van der Waals surface area contributed by atoms with Crippen molar-refractivity contribution in [2.45, 2.75) is 29.7 Å². The monoisotopic (exact) mass is 339 g/mol. The van der Waals surface area contributed by atoms with Crippen LogP contribution in [-0.2, 0) is 13.6 Å². The summed E-state index contributed by atoms with van der Waals surface area (Å²) in [7, 11) is 1.93. The van der Waals surface area contributed by atoms with E-state index in [-0.39, 0.29) is 0 Å². The van der Waals surface area contributed by atoms with Crippen LogP contribution in [0.1, 0.15) is 18.9 Å². The van der Waals surface area contributed by atoms with E-state index in [4.69, 9.17) is 0 Å². The molecule has 2 aromatic rings. The summed E-state index contributed by atoms with van der Waals surface area (Å²) in [6, 6.07) is 6.51. The number of halogens is 1. The summed E-state index contributed by atoms with van der Waals surface area (Å²) in [5.74, 6) is 0. The third-order valence-corrected chi connectivity index (χ3v) is 4.60. The fourth-order valence-electron chi connectivity index (χ4n) is 1.73. The number of hydrogen-bond acceptors (Lipinski definition) is 3. The molecule has 0 aliphatic carbocycles. The average Bonchev–Trinajstić information content (AvgIpc) is 2.79. The van der Waals surface area contributed by atoms with Crippen molar-refractivity contribution in [1.82, 2.24) is 15.1 Å². The minimum absolute atomic E-state index is 0.921. The van der Waals surface area contributed by atoms with Gasteiger partial charge in [-0.25, -0.2) is 0 Å². The quantitative estimate of drug-likeness (QED) is 0.811. The molecular weight excluding hydrogens is 322 g/mol. The minimum Gasteiger partial charge on any atom is -0.313 e. The number of aromatic nitrogens is 2. The summed E-state index contributed by atoms with van der Waals surface area (Å²) < 4.78 is 2.95. The molecule has 0 spiro atoms. The predicted octanol–water partition coefficient (Wildman–Crippen LogP) is 3.83. The molecule has 0 saturated carbocycles. The summed E-state index contributed by atoms with van der Waals surface area (Å²) in [6.45, 7) is 4.16. The van der Waals surface area contributed by atoms with Crippen LogP contribution in [0.4, 0.5) is 0 Å². The fourth-order valence-corrected chi connectivity index (χ4v) is 3.25. The molecule has 102 valence electrons. The van der Waals surface area contributed by atoms with Crippen LogP contribution in [0, 0.1) is 0 Å². The fraction of sp³-hybridized carbons (Fsp3) is 0.357. The van der Waals surface area contributed by atoms with Gasteiger partial charge in [0.1, 0.15) is 0 Å². The molecule has 1 heterocycles. The average molecular weight is 340 g/mol. The van der Waals surface area contributed by atoms with Gasteiger partial charge in [-0.1, -0.05) is 24.8 Å². The zero-order valence-corrected chi connectivity index (χ0v) is 13.6. The number of rotatable bonds is 6. The molecule has 0 aliphatic rings. The Balaban J connectivity index is 2.02. The van der Waals surface area contributed by atoms with E-state index in [1.54, 1.807) is 11.8 Å². The zero-order valence-electron chi connectivity index (χ0n) is 11.2. The van der Waals surface area contributed by atoms with Gasteiger partial charge in [0, 0.05) is 29.2 Å². The van der Waals surface area contributed by atoms with Crippen molar-refractivity contribution >= 4 is 27.7 Å². The molecule has 0 saturated heterocycles. The van der Waals surface area contributed by atoms with Gasteiger partial charge in [0.15, 0.2) is 0 Å². The standard InChI is InChI=1S/C14H18BrN3S/c1-3-6-16-8-11-4-5-14(13(15)7-11)19-12-9-17-18(2)10-12/h4-5,7,9-10,16H,3,6,8H2,1-2H3. The first-order chi connectivity index (χ1) is 9.19. The van der Waals surface area contributed by atoms with E-state index in [0.29, 0.717) is 0 Å². The lowest BCUT2D eigenvalue weighted by atomic mass is 10.2. The van der Waals surface area contributed by atoms with Crippen molar-refractivity contribution in [1.29, 1.82) is 0 Å². The van der Waals surface area contributed by atoms with Gasteiger partial charge < -0.3 is 5.32 Å². The molecule has 0 atom stereocenters. The first kappa shape index (κ1) is 14.6. The van der Waals surface area contributed by atoms with Crippen LogP contribution in [0.15, 0.2) is 44.9 Å². The largest absolute Gasteiger partial charge is 0.313 e. The molecule has 0 unspecified atom stereocenters. The second kappa shape index (κ2) is 7.12. The highest BCUT2D eigenvalue weighted by atomic mass is 79.9. The topological polar surface area (TPSA) is 29.9 Å². The van der Waals surface area contributed by atoms with Gasteiger partial charge in [-0.05, 0) is 46.6 Å². The Morgan fingerprint density at radius 2 is 2.26 bits per heavy atom. The number of aryl methyl sites for hydroxylation is 1. The highest BCUT2D eigenvalue weighted by molar-refractivity contribution is 9.10. The van der Waals surface area contributed by atoms with Crippen LogP contribution < -0.4 is 5.32 Å². The first-order valence-corrected chi connectivity index (χ1v) is 7.95. The van der Waals surface area contributed by atoms with E-state index >= 15 is 0 Å². The van der Waals surface area contributed by atoms with Crippen LogP contribution in [-0.4, -0.2) is 16.3 Å². The first-order valence-electron chi connectivity index (χ1n) is 6.34. The lowest BCUT2D eigenvalue weighted by Gasteiger charge is -2.07. The lowest BCUT2D eigenvalue weighted by Crippen LogP contribution is -2.13. The Morgan fingerprint density at radius 3 is 2.89 bits per heavy atom. The summed E-state index contributed by atoms with van der Waals surface area (Å²) >= 11 is 5.37. The maximum absolute atomic E-state index is 4.18. The third kappa shape index (κ3) is 4.37. The Kier molecular flexibility index (Phi) is 5.48. The van der Waals surface area contributed by atoms with Crippen molar-refractivity contribution in [3.05, 3.63) is 40.6 Å². The van der Waals surface area contributed by atoms with Crippen LogP contribution in [0.25, 0.3) is 0 Å². The Labute approximate surface area is 126 Å². The molecule has 0 bridgehead atoms. The zero-order chi connectivity index (χ0) is 13.7. The van der Waals surface area contributed by atoms with Gasteiger partial charge in [-0.3, -0.25) is 4.68 Å². The number of nitrogens with one attached hydrogen (secondary N) is 1. The summed E-state index contributed by atoms with van der Waals surface area (Å²) in [4.78, 5) is 2.37. The SMILES string of the molecule is CCCNCc1ccc(Sc2cnn(C)c2)c(Br)c1. The summed E-state index contributed by atoms with van der Waals surface area (Å²) in [6.07, 6.45) is 5.07. The van der Waals surface area contributed by atoms with Crippen LogP contribution in [0.2, 0.25) is 0 Å². The van der Waals surface area contributed by atoms with Crippen LogP contribution in [0.5, 0.6) is 0 Å². The maximum atomic E-state index is 4.18. The second-order valence-corrected chi connectivity index (χ2v) is 6.36. The van der Waals surface area contributed by atoms with Crippen molar-refractivity contribution < 1.29 is 0 Å². The molecule has 0 radical (unpaired) electrons. The van der Waals surface area contributed by atoms with Gasteiger partial charge in [-0.15, -0.1) is 0 Å². The van der Waals surface area contributed by atoms with E-state index in [9.17, 15) is 0 Å². The van der Waals surface area contributed by atoms with Crippen molar-refractivity contribution in [3.8, 4) is 0 Å². The normalized spacial score (nSPS) is 10.9. The molecule has 3 nitrogen and oxygen atoms in total. The predicted molar refractivity (Wildman–Crippen MR) is 83.5 cm³/mol. The Morgan fingerprint density at radius 1 is 1.42 bits per heavy atom. The maximum Gasteiger partial charge on any atom is 0.0629 e. The van der Waals surface area contributed by atoms with E-state index < -0.39 is 0 Å². The summed E-state index contributed by atoms with van der Waals surface area (Å²) in [5.41, 5.74) is 1.30. The smallest absolute Gasteiger partial charge is 0.0629 e. The molecule has 0 aliphatic heterocycles. The van der Waals surface area contributed by atoms with Gasteiger partial charge >= 0.3 is 0 Å². The Bertz CT molecular complexity index is 539. The Hall–Kier alpha value is -0.780. The molecular formula is C14H18BrN3S. The molecule has 5 heteroatoms. The van der Waals surface area contributed by atoms with E-state index in [0.717, 1.165) is 28.9 Å². The molecule has 19 heavy (non-hydrogen) atoms. The minimum atomic E-state index is 0.921. The van der Waals surface area contributed by atoms with Gasteiger partial charge in [0.05, 0.1) is 11.1 Å². The van der Waals surface area contributed by atoms with Crippen LogP contribution >= 0.6 is 27.7 Å². The van der Waals surface area contributed by atoms with E-state index in [1.165, 1.54) is 10.5 Å². The van der Waals surface area contributed by atoms with Crippen LogP contribution in [0.3, 0.4) is 0 Å². The molecule has 0 fully saturated rings. The number of hydrogen-bond donors (Lipinski definition) is 1. The van der Waals surface area contributed by atoms with Crippen molar-refractivity contribution in [2.24, 2.45) is 7.05 Å². The number of benzene rings is 1. The molecule has 1 aromatic heterocycles. The highest BCUT2D eigenvalue weighted by Gasteiger charge is 2.05. The lowest BCUT2D eigenvalue weighted by molar-refractivity contribution is 0.675. The van der Waals surface area contributed by atoms with Crippen molar-refractivity contribution in [3.63, 3.8) is 0 Å². The molecule has 1 aromatic carbocycles. The van der Waals surface area contributed by atoms with Gasteiger partial charge in [0.2, 0.25) is 0 Å². The van der Waals surface area contributed by atoms with Crippen molar-refractivity contribution in [2.75, 3.05) is 6.54 Å². The van der Waals surface area contributed by atoms with Gasteiger partial charge in [0.25, 0.3) is 0 Å². The summed E-state index contributed by atoms with van der Waals surface area (Å²) in [5, 5.41) is 7.59.